The Hall–Kier alpha value is -2.73. The van der Waals surface area contributed by atoms with Gasteiger partial charge in [-0.2, -0.15) is 0 Å². The smallest absolute Gasteiger partial charge is 0.341 e. The minimum Gasteiger partial charge on any atom is -0.481 e. The van der Waals surface area contributed by atoms with Crippen LogP contribution in [0.4, 0.5) is 0 Å². The van der Waals surface area contributed by atoms with Crippen LogP contribution in [0.2, 0.25) is 5.02 Å². The second-order valence-corrected chi connectivity index (χ2v) is 8.16. The number of fused-ring (bicyclic) bond motifs is 5. The maximum Gasteiger partial charge on any atom is 0.341 e. The number of carboxylic acid groups (broad SMARTS) is 1. The van der Waals surface area contributed by atoms with Gasteiger partial charge in [0.05, 0.1) is 17.0 Å². The average molecular weight is 400 g/mol. The van der Waals surface area contributed by atoms with E-state index in [4.69, 9.17) is 20.8 Å². The molecule has 1 aliphatic carbocycles. The predicted octanol–water partition coefficient (Wildman–Crippen LogP) is 5.04. The van der Waals surface area contributed by atoms with Gasteiger partial charge in [-0.25, -0.2) is 4.79 Å². The van der Waals surface area contributed by atoms with Crippen LogP contribution in [-0.4, -0.2) is 15.6 Å². The average Bonchev–Trinajstić information content (AvgIpc) is 3.35. The first-order valence-corrected chi connectivity index (χ1v) is 9.65. The third-order valence-electron chi connectivity index (χ3n) is 5.46. The van der Waals surface area contributed by atoms with E-state index in [2.05, 4.69) is 0 Å². The van der Waals surface area contributed by atoms with Gasteiger partial charge in [0, 0.05) is 22.6 Å². The number of rotatable bonds is 3. The van der Waals surface area contributed by atoms with Crippen molar-refractivity contribution in [3.8, 4) is 17.0 Å². The lowest BCUT2D eigenvalue weighted by Gasteiger charge is -2.33. The minimum atomic E-state index is -1.23. The van der Waals surface area contributed by atoms with Crippen LogP contribution in [0.5, 0.6) is 5.75 Å². The summed E-state index contributed by atoms with van der Waals surface area (Å²) in [6, 6.07) is 5.02. The standard InChI is InChI=1S/C21H18ClNO5/c1-9(2)17-12-7-14(21(25)26)20(24)23(10-3-4-10)16(12)13-8-15(22)11-5-6-27-18(11)19(13)28-17/h5-10,17H,3-4H2,1-2H3,(H,25,26)/t17-/m0/s1. The molecule has 5 rings (SSSR count). The molecule has 144 valence electrons. The molecule has 2 aliphatic rings. The van der Waals surface area contributed by atoms with Crippen LogP contribution in [0.3, 0.4) is 0 Å². The highest BCUT2D eigenvalue weighted by Gasteiger charge is 2.38. The highest BCUT2D eigenvalue weighted by molar-refractivity contribution is 6.36. The molecule has 28 heavy (non-hydrogen) atoms. The Balaban J connectivity index is 1.93. The Bertz CT molecular complexity index is 1200. The van der Waals surface area contributed by atoms with Crippen molar-refractivity contribution in [3.05, 3.63) is 51.0 Å². The predicted molar refractivity (Wildman–Crippen MR) is 104 cm³/mol. The zero-order chi connectivity index (χ0) is 19.7. The quantitative estimate of drug-likeness (QED) is 0.667. The largest absolute Gasteiger partial charge is 0.481 e. The molecule has 0 amide bonds. The van der Waals surface area contributed by atoms with Gasteiger partial charge in [0.25, 0.3) is 5.56 Å². The van der Waals surface area contributed by atoms with Gasteiger partial charge in [-0.3, -0.25) is 4.79 Å². The monoisotopic (exact) mass is 399 g/mol. The lowest BCUT2D eigenvalue weighted by Crippen LogP contribution is -2.32. The normalized spacial score (nSPS) is 18.1. The topological polar surface area (TPSA) is 81.7 Å². The molecule has 1 aliphatic heterocycles. The number of halogens is 1. The highest BCUT2D eigenvalue weighted by atomic mass is 35.5. The van der Waals surface area contributed by atoms with Gasteiger partial charge in [0.2, 0.25) is 0 Å². The Morgan fingerprint density at radius 1 is 1.32 bits per heavy atom. The van der Waals surface area contributed by atoms with E-state index in [-0.39, 0.29) is 17.5 Å². The molecule has 0 unspecified atom stereocenters. The van der Waals surface area contributed by atoms with Gasteiger partial charge in [-0.1, -0.05) is 25.4 Å². The van der Waals surface area contributed by atoms with Crippen molar-refractivity contribution < 1.29 is 19.1 Å². The molecule has 0 bridgehead atoms. The zero-order valence-electron chi connectivity index (χ0n) is 15.4. The van der Waals surface area contributed by atoms with E-state index in [1.165, 1.54) is 6.07 Å². The summed E-state index contributed by atoms with van der Waals surface area (Å²) in [4.78, 5) is 24.8. The van der Waals surface area contributed by atoms with Crippen molar-refractivity contribution in [2.45, 2.75) is 38.8 Å². The summed E-state index contributed by atoms with van der Waals surface area (Å²) in [6.07, 6.45) is 2.84. The summed E-state index contributed by atoms with van der Waals surface area (Å²) in [7, 11) is 0. The first-order valence-electron chi connectivity index (χ1n) is 9.28. The molecule has 1 fully saturated rings. The first-order chi connectivity index (χ1) is 13.4. The van der Waals surface area contributed by atoms with Crippen molar-refractivity contribution in [2.24, 2.45) is 5.92 Å². The van der Waals surface area contributed by atoms with E-state index in [0.29, 0.717) is 33.2 Å². The summed E-state index contributed by atoms with van der Waals surface area (Å²) >= 11 is 6.47. The number of benzene rings is 1. The third-order valence-corrected chi connectivity index (χ3v) is 5.77. The van der Waals surface area contributed by atoms with Gasteiger partial charge < -0.3 is 18.8 Å². The molecule has 3 aromatic rings. The van der Waals surface area contributed by atoms with Gasteiger partial charge in [0.15, 0.2) is 11.3 Å². The number of carboxylic acids is 1. The van der Waals surface area contributed by atoms with Crippen molar-refractivity contribution in [3.63, 3.8) is 0 Å². The van der Waals surface area contributed by atoms with E-state index >= 15 is 0 Å². The molecule has 1 atom stereocenters. The molecule has 1 aromatic carbocycles. The number of carbonyl (C=O) groups is 1. The molecule has 0 spiro atoms. The van der Waals surface area contributed by atoms with Gasteiger partial charge >= 0.3 is 5.97 Å². The molecule has 3 heterocycles. The van der Waals surface area contributed by atoms with E-state index in [9.17, 15) is 14.7 Å². The number of pyridine rings is 1. The molecule has 7 heteroatoms. The summed E-state index contributed by atoms with van der Waals surface area (Å²) in [5.41, 5.74) is 1.88. The molecule has 1 saturated carbocycles. The summed E-state index contributed by atoms with van der Waals surface area (Å²) in [6.45, 7) is 4.00. The number of aromatic nitrogens is 1. The van der Waals surface area contributed by atoms with E-state index in [1.807, 2.05) is 13.8 Å². The van der Waals surface area contributed by atoms with E-state index < -0.39 is 17.6 Å². The van der Waals surface area contributed by atoms with Crippen molar-refractivity contribution in [1.82, 2.24) is 4.57 Å². The molecule has 0 saturated heterocycles. The molecular formula is C21H18ClNO5. The van der Waals surface area contributed by atoms with Crippen LogP contribution in [0.1, 0.15) is 54.8 Å². The molecular weight excluding hydrogens is 382 g/mol. The lowest BCUT2D eigenvalue weighted by atomic mass is 9.89. The SMILES string of the molecule is CC(C)[C@@H]1Oc2c(cc(Cl)c3ccoc23)-c2c1cc(C(=O)O)c(=O)n2C1CC1. The van der Waals surface area contributed by atoms with Crippen LogP contribution in [0.25, 0.3) is 22.2 Å². The van der Waals surface area contributed by atoms with Gasteiger partial charge in [-0.05, 0) is 37.0 Å². The third kappa shape index (κ3) is 2.34. The number of hydrogen-bond acceptors (Lipinski definition) is 4. The van der Waals surface area contributed by atoms with Crippen LogP contribution < -0.4 is 10.3 Å². The van der Waals surface area contributed by atoms with E-state index in [1.54, 1.807) is 23.0 Å². The number of ether oxygens (including phenoxy) is 1. The highest BCUT2D eigenvalue weighted by Crippen LogP contribution is 2.51. The van der Waals surface area contributed by atoms with Crippen LogP contribution in [0.15, 0.2) is 33.7 Å². The summed E-state index contributed by atoms with van der Waals surface area (Å²) < 4.78 is 13.6. The molecule has 6 nitrogen and oxygen atoms in total. The van der Waals surface area contributed by atoms with E-state index in [0.717, 1.165) is 18.2 Å². The zero-order valence-corrected chi connectivity index (χ0v) is 16.1. The second-order valence-electron chi connectivity index (χ2n) is 7.75. The Morgan fingerprint density at radius 3 is 2.71 bits per heavy atom. The van der Waals surface area contributed by atoms with Crippen molar-refractivity contribution in [1.29, 1.82) is 0 Å². The van der Waals surface area contributed by atoms with Gasteiger partial charge in [-0.15, -0.1) is 0 Å². The fourth-order valence-electron chi connectivity index (χ4n) is 4.04. The number of hydrogen-bond donors (Lipinski definition) is 1. The van der Waals surface area contributed by atoms with Crippen LogP contribution in [0, 0.1) is 5.92 Å². The maximum absolute atomic E-state index is 13.0. The molecule has 2 aromatic heterocycles. The number of aromatic carboxylic acids is 1. The fraction of sp³-hybridized carbons (Fsp3) is 0.333. The molecule has 1 N–H and O–H groups in total. The molecule has 0 radical (unpaired) electrons. The Labute approximate surface area is 165 Å². The Morgan fingerprint density at radius 2 is 2.07 bits per heavy atom. The first kappa shape index (κ1) is 17.4. The van der Waals surface area contributed by atoms with Crippen molar-refractivity contribution in [2.75, 3.05) is 0 Å². The van der Waals surface area contributed by atoms with Crippen molar-refractivity contribution >= 4 is 28.5 Å². The second kappa shape index (κ2) is 5.88. The fourth-order valence-corrected chi connectivity index (χ4v) is 4.29. The van der Waals surface area contributed by atoms with Crippen LogP contribution in [-0.2, 0) is 0 Å². The van der Waals surface area contributed by atoms with Crippen LogP contribution >= 0.6 is 11.6 Å². The number of nitrogens with zero attached hydrogens (tertiary/aromatic N) is 1. The lowest BCUT2D eigenvalue weighted by molar-refractivity contribution is 0.0693. The van der Waals surface area contributed by atoms with Gasteiger partial charge in [0.1, 0.15) is 11.7 Å². The maximum atomic E-state index is 13.0. The summed E-state index contributed by atoms with van der Waals surface area (Å²) in [5, 5.41) is 10.8. The Kier molecular flexibility index (Phi) is 3.65. The summed E-state index contributed by atoms with van der Waals surface area (Å²) in [5.74, 6) is -0.623. The number of furan rings is 1. The minimum absolute atomic E-state index is 0.00890.